The summed E-state index contributed by atoms with van der Waals surface area (Å²) in [5.74, 6) is -3.98. The molecule has 0 saturated heterocycles. The largest absolute Gasteiger partial charge is 0.319 e. The molecule has 1 atom stereocenters. The summed E-state index contributed by atoms with van der Waals surface area (Å²) < 4.78 is 39.1. The van der Waals surface area contributed by atoms with Crippen molar-refractivity contribution in [2.24, 2.45) is 5.73 Å². The van der Waals surface area contributed by atoms with E-state index in [2.05, 4.69) is 4.98 Å². The van der Waals surface area contributed by atoms with Gasteiger partial charge >= 0.3 is 0 Å². The Balaban J connectivity index is 2.45. The Hall–Kier alpha value is -1.40. The van der Waals surface area contributed by atoms with Crippen molar-refractivity contribution >= 4 is 11.3 Å². The Labute approximate surface area is 93.5 Å². The molecule has 1 heterocycles. The van der Waals surface area contributed by atoms with Gasteiger partial charge in [0.1, 0.15) is 0 Å². The summed E-state index contributed by atoms with van der Waals surface area (Å²) in [5.41, 5.74) is 7.18. The van der Waals surface area contributed by atoms with Crippen LogP contribution in [0, 0.1) is 17.5 Å². The summed E-state index contributed by atoms with van der Waals surface area (Å²) in [6, 6.07) is 1.16. The van der Waals surface area contributed by atoms with Crippen LogP contribution in [-0.2, 0) is 0 Å². The van der Waals surface area contributed by atoms with E-state index in [1.165, 1.54) is 23.0 Å². The molecule has 0 fully saturated rings. The number of nitrogens with two attached hydrogens (primary N) is 1. The first kappa shape index (κ1) is 11.1. The number of hydrogen-bond donors (Lipinski definition) is 1. The molecule has 2 nitrogen and oxygen atoms in total. The average molecular weight is 244 g/mol. The molecule has 16 heavy (non-hydrogen) atoms. The summed E-state index contributed by atoms with van der Waals surface area (Å²) in [4.78, 5) is 4.37. The third-order valence-electron chi connectivity index (χ3n) is 2.16. The second-order valence-electron chi connectivity index (χ2n) is 3.15. The quantitative estimate of drug-likeness (QED) is 0.825. The van der Waals surface area contributed by atoms with Crippen LogP contribution in [0.5, 0.6) is 0 Å². The molecule has 0 aliphatic rings. The number of nitrogens with zero attached hydrogens (tertiary/aromatic N) is 1. The van der Waals surface area contributed by atoms with Crippen molar-refractivity contribution in [1.29, 1.82) is 0 Å². The summed E-state index contributed by atoms with van der Waals surface area (Å²) >= 11 is 1.23. The zero-order valence-electron chi connectivity index (χ0n) is 7.95. The van der Waals surface area contributed by atoms with Crippen molar-refractivity contribution in [2.75, 3.05) is 0 Å². The third-order valence-corrected chi connectivity index (χ3v) is 3.02. The summed E-state index contributed by atoms with van der Waals surface area (Å²) in [7, 11) is 0. The molecule has 0 bridgehead atoms. The molecule has 2 aromatic rings. The standard InChI is InChI=1S/C10H7F3N2S/c11-6-2-1-5(8(12)9(6)13)10(14)7-3-15-4-16-7/h1-4,10H,14H2. The van der Waals surface area contributed by atoms with Gasteiger partial charge in [0.15, 0.2) is 17.5 Å². The van der Waals surface area contributed by atoms with E-state index >= 15 is 0 Å². The fourth-order valence-corrected chi connectivity index (χ4v) is 1.95. The molecule has 84 valence electrons. The highest BCUT2D eigenvalue weighted by Crippen LogP contribution is 2.26. The van der Waals surface area contributed by atoms with Crippen LogP contribution in [0.15, 0.2) is 23.8 Å². The Morgan fingerprint density at radius 1 is 1.19 bits per heavy atom. The molecule has 1 unspecified atom stereocenters. The van der Waals surface area contributed by atoms with Gasteiger partial charge in [0.2, 0.25) is 0 Å². The van der Waals surface area contributed by atoms with Crippen LogP contribution in [0.25, 0.3) is 0 Å². The molecule has 0 saturated carbocycles. The van der Waals surface area contributed by atoms with E-state index < -0.39 is 23.5 Å². The highest BCUT2D eigenvalue weighted by atomic mass is 32.1. The van der Waals surface area contributed by atoms with E-state index in [0.29, 0.717) is 4.88 Å². The lowest BCUT2D eigenvalue weighted by molar-refractivity contribution is 0.439. The van der Waals surface area contributed by atoms with Crippen molar-refractivity contribution in [3.63, 3.8) is 0 Å². The van der Waals surface area contributed by atoms with Gasteiger partial charge in [-0.15, -0.1) is 11.3 Å². The molecule has 0 amide bonds. The molecule has 1 aromatic heterocycles. The van der Waals surface area contributed by atoms with Gasteiger partial charge in [-0.05, 0) is 6.07 Å². The van der Waals surface area contributed by atoms with Crippen LogP contribution in [-0.4, -0.2) is 4.98 Å². The van der Waals surface area contributed by atoms with Crippen molar-refractivity contribution < 1.29 is 13.2 Å². The van der Waals surface area contributed by atoms with Crippen LogP contribution in [0.4, 0.5) is 13.2 Å². The van der Waals surface area contributed by atoms with Crippen LogP contribution < -0.4 is 5.73 Å². The first-order valence-corrected chi connectivity index (χ1v) is 5.26. The predicted octanol–water partition coefficient (Wildman–Crippen LogP) is 2.61. The zero-order valence-corrected chi connectivity index (χ0v) is 8.77. The average Bonchev–Trinajstić information content (AvgIpc) is 2.79. The maximum Gasteiger partial charge on any atom is 0.194 e. The van der Waals surface area contributed by atoms with Crippen LogP contribution in [0.3, 0.4) is 0 Å². The number of benzene rings is 1. The highest BCUT2D eigenvalue weighted by molar-refractivity contribution is 7.09. The number of rotatable bonds is 2. The lowest BCUT2D eigenvalue weighted by Crippen LogP contribution is -2.13. The van der Waals surface area contributed by atoms with E-state index in [1.807, 2.05) is 0 Å². The maximum atomic E-state index is 13.4. The number of thiazole rings is 1. The monoisotopic (exact) mass is 244 g/mol. The predicted molar refractivity (Wildman–Crippen MR) is 54.5 cm³/mol. The van der Waals surface area contributed by atoms with Crippen molar-refractivity contribution in [1.82, 2.24) is 4.98 Å². The Kier molecular flexibility index (Phi) is 2.93. The minimum Gasteiger partial charge on any atom is -0.319 e. The molecule has 0 aliphatic carbocycles. The van der Waals surface area contributed by atoms with E-state index in [4.69, 9.17) is 5.73 Å². The number of hydrogen-bond acceptors (Lipinski definition) is 3. The summed E-state index contributed by atoms with van der Waals surface area (Å²) in [5, 5.41) is 0. The zero-order chi connectivity index (χ0) is 11.7. The lowest BCUT2D eigenvalue weighted by Gasteiger charge is -2.11. The summed E-state index contributed by atoms with van der Waals surface area (Å²) in [6.07, 6.45) is 1.47. The summed E-state index contributed by atoms with van der Waals surface area (Å²) in [6.45, 7) is 0. The lowest BCUT2D eigenvalue weighted by atomic mass is 10.1. The molecule has 0 spiro atoms. The normalized spacial score (nSPS) is 12.8. The molecule has 2 rings (SSSR count). The minimum atomic E-state index is -1.50. The molecular formula is C10H7F3N2S. The Morgan fingerprint density at radius 3 is 2.56 bits per heavy atom. The van der Waals surface area contributed by atoms with E-state index in [1.54, 1.807) is 0 Å². The SMILES string of the molecule is NC(c1cncs1)c1ccc(F)c(F)c1F. The van der Waals surface area contributed by atoms with Gasteiger partial charge in [-0.3, -0.25) is 4.98 Å². The van der Waals surface area contributed by atoms with Crippen LogP contribution >= 0.6 is 11.3 Å². The first-order valence-electron chi connectivity index (χ1n) is 4.38. The second kappa shape index (κ2) is 4.23. The third kappa shape index (κ3) is 1.81. The van der Waals surface area contributed by atoms with Gasteiger partial charge in [0.05, 0.1) is 11.6 Å². The fourth-order valence-electron chi connectivity index (χ4n) is 1.31. The topological polar surface area (TPSA) is 38.9 Å². The minimum absolute atomic E-state index is 0.0804. The Bertz CT molecular complexity index is 499. The van der Waals surface area contributed by atoms with E-state index in [0.717, 1.165) is 12.1 Å². The van der Waals surface area contributed by atoms with Gasteiger partial charge in [-0.1, -0.05) is 6.07 Å². The number of aromatic nitrogens is 1. The Morgan fingerprint density at radius 2 is 1.94 bits per heavy atom. The van der Waals surface area contributed by atoms with Gasteiger partial charge in [-0.2, -0.15) is 0 Å². The molecular weight excluding hydrogens is 237 g/mol. The highest BCUT2D eigenvalue weighted by Gasteiger charge is 2.20. The molecule has 0 aliphatic heterocycles. The number of halogens is 3. The molecule has 0 radical (unpaired) electrons. The van der Waals surface area contributed by atoms with Gasteiger partial charge in [0.25, 0.3) is 0 Å². The van der Waals surface area contributed by atoms with Gasteiger partial charge in [0, 0.05) is 16.6 Å². The van der Waals surface area contributed by atoms with Crippen LogP contribution in [0.2, 0.25) is 0 Å². The molecule has 6 heteroatoms. The van der Waals surface area contributed by atoms with Crippen LogP contribution in [0.1, 0.15) is 16.5 Å². The maximum absolute atomic E-state index is 13.4. The van der Waals surface area contributed by atoms with Crippen molar-refractivity contribution in [3.05, 3.63) is 51.7 Å². The van der Waals surface area contributed by atoms with E-state index in [-0.39, 0.29) is 5.56 Å². The molecule has 2 N–H and O–H groups in total. The van der Waals surface area contributed by atoms with Gasteiger partial charge in [-0.25, -0.2) is 13.2 Å². The molecule has 1 aromatic carbocycles. The van der Waals surface area contributed by atoms with Crippen molar-refractivity contribution in [2.45, 2.75) is 6.04 Å². The smallest absolute Gasteiger partial charge is 0.194 e. The van der Waals surface area contributed by atoms with Gasteiger partial charge < -0.3 is 5.73 Å². The van der Waals surface area contributed by atoms with E-state index in [9.17, 15) is 13.2 Å². The second-order valence-corrected chi connectivity index (χ2v) is 4.06. The first-order chi connectivity index (χ1) is 7.61. The fraction of sp³-hybridized carbons (Fsp3) is 0.100. The van der Waals surface area contributed by atoms with Crippen molar-refractivity contribution in [3.8, 4) is 0 Å².